The molecule has 0 spiro atoms. The van der Waals surface area contributed by atoms with Crippen LogP contribution >= 0.6 is 0 Å². The molecule has 13 radical (unpaired) electrons. The molecule has 10 nitrogen and oxygen atoms in total. The second kappa shape index (κ2) is 17.0. The number of piperazine rings is 1. The van der Waals surface area contributed by atoms with Crippen LogP contribution in [0.15, 0.2) is 24.3 Å². The molecule has 0 aromatic heterocycles. The van der Waals surface area contributed by atoms with Crippen molar-refractivity contribution in [2.24, 2.45) is 11.8 Å². The Hall–Kier alpha value is -3.37. The Morgan fingerprint density at radius 1 is 0.686 bits per heavy atom. The summed E-state index contributed by atoms with van der Waals surface area (Å²) in [5.74, 6) is -4.96. The second-order valence-corrected chi connectivity index (χ2v) is 13.7. The first-order chi connectivity index (χ1) is 24.0. The second-order valence-electron chi connectivity index (χ2n) is 13.7. The highest BCUT2D eigenvalue weighted by atomic mass is 16.4. The quantitative estimate of drug-likeness (QED) is 0.263. The van der Waals surface area contributed by atoms with E-state index >= 15 is 0 Å². The van der Waals surface area contributed by atoms with Gasteiger partial charge in [-0.1, -0.05) is 0 Å². The third-order valence-corrected chi connectivity index (χ3v) is 10.3. The molecule has 2 N–H and O–H groups in total. The maximum absolute atomic E-state index is 12.7. The summed E-state index contributed by atoms with van der Waals surface area (Å²) in [7, 11) is 36.8. The Balaban J connectivity index is 0.000000459. The number of hydrogen-bond donors (Lipinski definition) is 2. The Morgan fingerprint density at radius 3 is 1.31 bits per heavy atom. The monoisotopic (exact) mass is 669 g/mol. The number of hydrogen-bond acceptors (Lipinski definition) is 6. The largest absolute Gasteiger partial charge is 0.481 e. The number of carbonyl (C=O) groups is 4. The molecule has 2 aromatic rings. The molecule has 51 heavy (non-hydrogen) atoms. The SMILES string of the molecule is Cc1cc2c(cc1N1CCN(c3cc4c(cc3C)N(C)C(=O)C(C(=O)O)CC4)CC1)CCC(C(=O)O)C(=O)N2C.[B][B]B([B])B(B([B])[B])B([B])[B]. The molecule has 2 atom stereocenters. The van der Waals surface area contributed by atoms with E-state index in [1.807, 2.05) is 26.0 Å². The van der Waals surface area contributed by atoms with Gasteiger partial charge in [0, 0.05) is 142 Å². The van der Waals surface area contributed by atoms with Crippen molar-refractivity contribution in [3.05, 3.63) is 46.5 Å². The van der Waals surface area contributed by atoms with Crippen LogP contribution in [0.4, 0.5) is 22.7 Å². The van der Waals surface area contributed by atoms with Crippen molar-refractivity contribution in [1.82, 2.24) is 0 Å². The van der Waals surface area contributed by atoms with Gasteiger partial charge in [0.15, 0.2) is 0 Å². The topological polar surface area (TPSA) is 122 Å². The molecule has 5 rings (SSSR count). The van der Waals surface area contributed by atoms with E-state index in [0.717, 1.165) is 71.2 Å². The summed E-state index contributed by atoms with van der Waals surface area (Å²) in [5, 5.41) is 19.0. The number of aliphatic carboxylic acids is 2. The number of rotatable bonds is 8. The molecule has 3 aliphatic rings. The molecule has 245 valence electrons. The zero-order valence-electron chi connectivity index (χ0n) is 29.8. The Kier molecular flexibility index (Phi) is 13.4. The Bertz CT molecular complexity index is 1530. The van der Waals surface area contributed by atoms with Crippen molar-refractivity contribution in [3.8, 4) is 0 Å². The zero-order valence-corrected chi connectivity index (χ0v) is 29.8. The highest BCUT2D eigenvalue weighted by Crippen LogP contribution is 2.37. The number of anilines is 4. The van der Waals surface area contributed by atoms with Crippen LogP contribution in [0, 0.1) is 25.7 Å². The predicted molar refractivity (Wildman–Crippen MR) is 216 cm³/mol. The van der Waals surface area contributed by atoms with Crippen molar-refractivity contribution in [2.45, 2.75) is 39.5 Å². The van der Waals surface area contributed by atoms with Gasteiger partial charge in [0.2, 0.25) is 11.8 Å². The highest BCUT2D eigenvalue weighted by Gasteiger charge is 2.36. The maximum Gasteiger partial charge on any atom is 0.316 e. The van der Waals surface area contributed by atoms with Gasteiger partial charge >= 0.3 is 11.9 Å². The number of carboxylic acid groups (broad SMARTS) is 2. The first-order valence-corrected chi connectivity index (χ1v) is 17.1. The van der Waals surface area contributed by atoms with E-state index < -0.39 is 42.9 Å². The number of carbonyl (C=O) groups excluding carboxylic acids is 2. The lowest BCUT2D eigenvalue weighted by Crippen LogP contribution is -2.63. The average molecular weight is 668 g/mol. The minimum absolute atomic E-state index is 0.285. The van der Waals surface area contributed by atoms with Crippen LogP contribution in [0.3, 0.4) is 0 Å². The average Bonchev–Trinajstić information content (AvgIpc) is 3.27. The summed E-state index contributed by atoms with van der Waals surface area (Å²) >= 11 is 0. The summed E-state index contributed by atoms with van der Waals surface area (Å²) in [4.78, 5) is 56.4. The van der Waals surface area contributed by atoms with Gasteiger partial charge < -0.3 is 29.8 Å². The van der Waals surface area contributed by atoms with Crippen LogP contribution in [-0.2, 0) is 32.0 Å². The molecule has 0 aliphatic carbocycles. The molecular weight excluding hydrogens is 631 g/mol. The van der Waals surface area contributed by atoms with E-state index in [0.29, 0.717) is 12.8 Å². The van der Waals surface area contributed by atoms with Crippen LogP contribution < -0.4 is 19.6 Å². The fraction of sp³-hybridized carbons (Fsp3) is 0.467. The lowest BCUT2D eigenvalue weighted by atomic mass is 8.56. The fourth-order valence-electron chi connectivity index (χ4n) is 7.25. The van der Waals surface area contributed by atoms with Gasteiger partial charge in [0.25, 0.3) is 0 Å². The zero-order chi connectivity index (χ0) is 37.9. The molecule has 3 aliphatic heterocycles. The van der Waals surface area contributed by atoms with E-state index in [2.05, 4.69) is 21.9 Å². The van der Waals surface area contributed by atoms with Crippen molar-refractivity contribution in [3.63, 3.8) is 0 Å². The van der Waals surface area contributed by atoms with Gasteiger partial charge in [-0.25, -0.2) is 0 Å². The third-order valence-electron chi connectivity index (χ3n) is 10.3. The molecule has 0 bridgehead atoms. The molecular formula is C30H36B11N4O6. The standard InChI is InChI=1S/C30H36N4O6.B11/c1-17-13-25-19(5-7-21(29(37)38)27(35)31(25)3)15-23(17)33-9-11-34(12-10-33)24-16-20-6-8-22(30(39)40)28(36)32(4)26(20)14-18(24)2;1-7-10(6)11(8(2)3)9(4)5/h13-16,21-22H,5-12H2,1-4H3,(H,37,38)(H,39,40);. The van der Waals surface area contributed by atoms with Crippen LogP contribution in [0.2, 0.25) is 0 Å². The molecule has 2 unspecified atom stereocenters. The number of benzene rings is 2. The minimum Gasteiger partial charge on any atom is -0.481 e. The molecule has 0 saturated carbocycles. The number of aryl methyl sites for hydroxylation is 4. The van der Waals surface area contributed by atoms with Crippen molar-refractivity contribution in [1.29, 1.82) is 0 Å². The van der Waals surface area contributed by atoms with Crippen molar-refractivity contribution in [2.75, 3.05) is 59.9 Å². The van der Waals surface area contributed by atoms with Crippen LogP contribution in [0.5, 0.6) is 0 Å². The summed E-state index contributed by atoms with van der Waals surface area (Å²) in [6.45, 7) is 7.23. The van der Waals surface area contributed by atoms with E-state index in [-0.39, 0.29) is 31.0 Å². The highest BCUT2D eigenvalue weighted by molar-refractivity contribution is 8.01. The number of carboxylic acids is 2. The van der Waals surface area contributed by atoms with Crippen LogP contribution in [-0.4, -0.2) is 153 Å². The lowest BCUT2D eigenvalue weighted by molar-refractivity contribution is -0.147. The Morgan fingerprint density at radius 2 is 1.04 bits per heavy atom. The first-order valence-electron chi connectivity index (χ1n) is 17.1. The van der Waals surface area contributed by atoms with Gasteiger partial charge in [-0.2, -0.15) is 0 Å². The minimum atomic E-state index is -1.08. The molecule has 1 fully saturated rings. The summed E-state index contributed by atoms with van der Waals surface area (Å²) < 4.78 is 0. The van der Waals surface area contributed by atoms with E-state index in [1.165, 1.54) is 16.9 Å². The molecule has 2 aromatic carbocycles. The van der Waals surface area contributed by atoms with Crippen LogP contribution in [0.1, 0.15) is 35.1 Å². The number of fused-ring (bicyclic) bond motifs is 2. The predicted octanol–water partition coefficient (Wildman–Crippen LogP) is -1.34. The fourth-order valence-corrected chi connectivity index (χ4v) is 7.25. The van der Waals surface area contributed by atoms with Gasteiger partial charge in [-0.05, 0) is 86.1 Å². The first kappa shape index (κ1) is 40.4. The number of amides is 2. The van der Waals surface area contributed by atoms with Gasteiger partial charge in [-0.15, -0.1) is 0 Å². The third kappa shape index (κ3) is 8.82. The van der Waals surface area contributed by atoms with Gasteiger partial charge in [0.05, 0.1) is 0 Å². The van der Waals surface area contributed by atoms with E-state index in [1.54, 1.807) is 14.1 Å². The number of nitrogens with zero attached hydrogens (tertiary/aromatic N) is 4. The normalized spacial score (nSPS) is 18.7. The molecule has 2 amide bonds. The van der Waals surface area contributed by atoms with E-state index in [9.17, 15) is 29.4 Å². The lowest BCUT2D eigenvalue weighted by Gasteiger charge is -2.39. The van der Waals surface area contributed by atoms with Crippen LogP contribution in [0.25, 0.3) is 0 Å². The molecule has 21 heteroatoms. The smallest absolute Gasteiger partial charge is 0.316 e. The van der Waals surface area contributed by atoms with Crippen molar-refractivity contribution < 1.29 is 29.4 Å². The molecule has 1 saturated heterocycles. The summed E-state index contributed by atoms with van der Waals surface area (Å²) in [5.41, 5.74) is 7.83. The van der Waals surface area contributed by atoms with E-state index in [4.69, 9.17) is 46.4 Å². The van der Waals surface area contributed by atoms with Crippen molar-refractivity contribution >= 4 is 126 Å². The molecule has 3 heterocycles. The maximum atomic E-state index is 12.7. The summed E-state index contributed by atoms with van der Waals surface area (Å²) in [6.07, 6.45) is -0.516. The Labute approximate surface area is 311 Å². The van der Waals surface area contributed by atoms with Gasteiger partial charge in [-0.3, -0.25) is 19.2 Å². The summed E-state index contributed by atoms with van der Waals surface area (Å²) in [6, 6.07) is 8.23. The van der Waals surface area contributed by atoms with Gasteiger partial charge in [0.1, 0.15) is 11.8 Å².